The van der Waals surface area contributed by atoms with Crippen molar-refractivity contribution in [2.24, 2.45) is 5.73 Å². The molecule has 0 radical (unpaired) electrons. The number of hydrogen-bond donors (Lipinski definition) is 1. The number of nitrogens with two attached hydrogens (primary N) is 1. The molecule has 1 aromatic heterocycles. The van der Waals surface area contributed by atoms with Crippen molar-refractivity contribution in [2.75, 3.05) is 24.6 Å². The van der Waals surface area contributed by atoms with Crippen LogP contribution in [0.4, 0.5) is 5.13 Å². The summed E-state index contributed by atoms with van der Waals surface area (Å²) in [5, 5.41) is 1.14. The van der Waals surface area contributed by atoms with Gasteiger partial charge in [0, 0.05) is 37.0 Å². The first-order valence-corrected chi connectivity index (χ1v) is 8.19. The predicted molar refractivity (Wildman–Crippen MR) is 78.8 cm³/mol. The van der Waals surface area contributed by atoms with Crippen LogP contribution in [0.5, 0.6) is 0 Å². The van der Waals surface area contributed by atoms with E-state index in [0.29, 0.717) is 18.6 Å². The minimum Gasteiger partial charge on any atom is -0.376 e. The van der Waals surface area contributed by atoms with Crippen molar-refractivity contribution < 1.29 is 4.74 Å². The second-order valence-corrected chi connectivity index (χ2v) is 6.52. The second kappa shape index (κ2) is 5.77. The van der Waals surface area contributed by atoms with Crippen molar-refractivity contribution in [3.05, 3.63) is 10.6 Å². The molecule has 1 aromatic rings. The van der Waals surface area contributed by atoms with Crippen molar-refractivity contribution in [1.82, 2.24) is 4.98 Å². The molecule has 0 spiro atoms. The van der Waals surface area contributed by atoms with Crippen molar-refractivity contribution in [3.63, 3.8) is 0 Å². The number of hydrogen-bond acceptors (Lipinski definition) is 5. The van der Waals surface area contributed by atoms with Crippen LogP contribution < -0.4 is 10.6 Å². The van der Waals surface area contributed by atoms with Gasteiger partial charge in [-0.05, 0) is 32.6 Å². The molecule has 2 fully saturated rings. The second-order valence-electron chi connectivity index (χ2n) is 5.46. The minimum absolute atomic E-state index is 0.384. The zero-order valence-electron chi connectivity index (χ0n) is 11.6. The normalized spacial score (nSPS) is 22.9. The summed E-state index contributed by atoms with van der Waals surface area (Å²) in [4.78, 5) is 8.50. The maximum atomic E-state index is 5.86. The molecule has 1 aliphatic heterocycles. The first-order chi connectivity index (χ1) is 9.31. The molecule has 3 rings (SSSR count). The van der Waals surface area contributed by atoms with E-state index in [0.717, 1.165) is 24.8 Å². The monoisotopic (exact) mass is 281 g/mol. The van der Waals surface area contributed by atoms with Crippen LogP contribution >= 0.6 is 11.3 Å². The number of likely N-dealkylation sites (N-methyl/N-ethyl adjacent to an activating group) is 1. The van der Waals surface area contributed by atoms with Crippen LogP contribution in [0.2, 0.25) is 0 Å². The summed E-state index contributed by atoms with van der Waals surface area (Å²) >= 11 is 1.78. The Hall–Kier alpha value is -0.650. The third-order valence-corrected chi connectivity index (χ3v) is 5.12. The lowest BCUT2D eigenvalue weighted by Crippen LogP contribution is -2.31. The van der Waals surface area contributed by atoms with Crippen molar-refractivity contribution in [2.45, 2.75) is 51.2 Å². The molecule has 1 aliphatic carbocycles. The van der Waals surface area contributed by atoms with E-state index >= 15 is 0 Å². The topological polar surface area (TPSA) is 51.4 Å². The molecule has 19 heavy (non-hydrogen) atoms. The Morgan fingerprint density at radius 1 is 1.42 bits per heavy atom. The molecule has 0 bridgehead atoms. The summed E-state index contributed by atoms with van der Waals surface area (Å²) in [7, 11) is 0. The van der Waals surface area contributed by atoms with Crippen molar-refractivity contribution in [3.8, 4) is 0 Å². The fourth-order valence-corrected chi connectivity index (χ4v) is 3.78. The van der Waals surface area contributed by atoms with Crippen LogP contribution in [-0.4, -0.2) is 30.8 Å². The third-order valence-electron chi connectivity index (χ3n) is 3.97. The van der Waals surface area contributed by atoms with Gasteiger partial charge in [-0.25, -0.2) is 4.98 Å². The Morgan fingerprint density at radius 2 is 2.26 bits per heavy atom. The van der Waals surface area contributed by atoms with Gasteiger partial charge in [0.15, 0.2) is 5.13 Å². The van der Waals surface area contributed by atoms with Gasteiger partial charge in [-0.2, -0.15) is 0 Å². The minimum atomic E-state index is 0.384. The summed E-state index contributed by atoms with van der Waals surface area (Å²) in [6.07, 6.45) is 5.33. The molecule has 2 aliphatic rings. The average Bonchev–Trinajstić information content (AvgIpc) is 2.99. The average molecular weight is 281 g/mol. The van der Waals surface area contributed by atoms with Gasteiger partial charge >= 0.3 is 0 Å². The molecule has 2 heterocycles. The molecule has 2 N–H and O–H groups in total. The SMILES string of the molecule is CCN(CC1CCCO1)c1nc(C2CC2)c(CN)s1. The summed E-state index contributed by atoms with van der Waals surface area (Å²) in [6.45, 7) is 5.69. The molecule has 0 amide bonds. The molecule has 1 atom stereocenters. The highest BCUT2D eigenvalue weighted by molar-refractivity contribution is 7.15. The first-order valence-electron chi connectivity index (χ1n) is 7.38. The van der Waals surface area contributed by atoms with Crippen LogP contribution in [-0.2, 0) is 11.3 Å². The van der Waals surface area contributed by atoms with Crippen molar-refractivity contribution >= 4 is 16.5 Å². The Labute approximate surface area is 119 Å². The molecule has 106 valence electrons. The zero-order valence-corrected chi connectivity index (χ0v) is 12.4. The number of rotatable bonds is 6. The summed E-state index contributed by atoms with van der Waals surface area (Å²) < 4.78 is 5.74. The first kappa shape index (κ1) is 13.3. The number of anilines is 1. The molecule has 1 unspecified atom stereocenters. The maximum Gasteiger partial charge on any atom is 0.185 e. The highest BCUT2D eigenvalue weighted by atomic mass is 32.1. The Bertz CT molecular complexity index is 424. The van der Waals surface area contributed by atoms with Gasteiger partial charge in [0.05, 0.1) is 11.8 Å². The van der Waals surface area contributed by atoms with E-state index in [2.05, 4.69) is 11.8 Å². The van der Waals surface area contributed by atoms with Crippen LogP contribution in [0.3, 0.4) is 0 Å². The van der Waals surface area contributed by atoms with E-state index in [1.54, 1.807) is 11.3 Å². The van der Waals surface area contributed by atoms with Gasteiger partial charge in [-0.1, -0.05) is 0 Å². The van der Waals surface area contributed by atoms with E-state index in [9.17, 15) is 0 Å². The van der Waals surface area contributed by atoms with E-state index in [-0.39, 0.29) is 0 Å². The molecule has 4 nitrogen and oxygen atoms in total. The number of aromatic nitrogens is 1. The highest BCUT2D eigenvalue weighted by Gasteiger charge is 2.30. The molecule has 5 heteroatoms. The fourth-order valence-electron chi connectivity index (χ4n) is 2.68. The number of thiazole rings is 1. The van der Waals surface area contributed by atoms with Gasteiger partial charge in [-0.15, -0.1) is 11.3 Å². The number of nitrogens with zero attached hydrogens (tertiary/aromatic N) is 2. The Kier molecular flexibility index (Phi) is 4.05. The standard InChI is InChI=1S/C14H23N3OS/c1-2-17(9-11-4-3-7-18-11)14-16-13(10-5-6-10)12(8-15)19-14/h10-11H,2-9,15H2,1H3. The molecular weight excluding hydrogens is 258 g/mol. The number of ether oxygens (including phenoxy) is 1. The lowest BCUT2D eigenvalue weighted by Gasteiger charge is -2.23. The predicted octanol–water partition coefficient (Wildman–Crippen LogP) is 2.48. The Morgan fingerprint density at radius 3 is 2.84 bits per heavy atom. The summed E-state index contributed by atoms with van der Waals surface area (Å²) in [5.41, 5.74) is 7.13. The third kappa shape index (κ3) is 2.93. The molecular formula is C14H23N3OS. The molecule has 0 aromatic carbocycles. The van der Waals surface area contributed by atoms with Gasteiger partial charge in [0.25, 0.3) is 0 Å². The lowest BCUT2D eigenvalue weighted by molar-refractivity contribution is 0.115. The maximum absolute atomic E-state index is 5.86. The van der Waals surface area contributed by atoms with Gasteiger partial charge in [-0.3, -0.25) is 0 Å². The lowest BCUT2D eigenvalue weighted by atomic mass is 10.2. The zero-order chi connectivity index (χ0) is 13.2. The van der Waals surface area contributed by atoms with E-state index in [1.807, 2.05) is 0 Å². The quantitative estimate of drug-likeness (QED) is 0.870. The highest BCUT2D eigenvalue weighted by Crippen LogP contribution is 2.44. The van der Waals surface area contributed by atoms with Crippen LogP contribution in [0, 0.1) is 0 Å². The molecule has 1 saturated heterocycles. The van der Waals surface area contributed by atoms with Crippen LogP contribution in [0.25, 0.3) is 0 Å². The van der Waals surface area contributed by atoms with Gasteiger partial charge in [0.1, 0.15) is 0 Å². The fraction of sp³-hybridized carbons (Fsp3) is 0.786. The summed E-state index contributed by atoms with van der Waals surface area (Å²) in [6, 6.07) is 0. The van der Waals surface area contributed by atoms with E-state index in [1.165, 1.54) is 36.3 Å². The van der Waals surface area contributed by atoms with Crippen LogP contribution in [0.15, 0.2) is 0 Å². The largest absolute Gasteiger partial charge is 0.376 e. The van der Waals surface area contributed by atoms with Gasteiger partial charge < -0.3 is 15.4 Å². The van der Waals surface area contributed by atoms with Crippen LogP contribution in [0.1, 0.15) is 49.1 Å². The van der Waals surface area contributed by atoms with Crippen molar-refractivity contribution in [1.29, 1.82) is 0 Å². The Balaban J connectivity index is 1.74. The van der Waals surface area contributed by atoms with E-state index in [4.69, 9.17) is 15.5 Å². The smallest absolute Gasteiger partial charge is 0.185 e. The van der Waals surface area contributed by atoms with Gasteiger partial charge in [0.2, 0.25) is 0 Å². The van der Waals surface area contributed by atoms with E-state index < -0.39 is 0 Å². The summed E-state index contributed by atoms with van der Waals surface area (Å²) in [5.74, 6) is 0.685. The molecule has 1 saturated carbocycles.